The van der Waals surface area contributed by atoms with Gasteiger partial charge >= 0.3 is 0 Å². The number of carbonyl (C=O) groups is 2. The lowest BCUT2D eigenvalue weighted by Gasteiger charge is -2.37. The van der Waals surface area contributed by atoms with E-state index in [1.165, 1.54) is 22.9 Å². The first-order valence-corrected chi connectivity index (χ1v) is 10.5. The van der Waals surface area contributed by atoms with Crippen molar-refractivity contribution in [1.29, 1.82) is 0 Å². The van der Waals surface area contributed by atoms with Gasteiger partial charge in [-0.25, -0.2) is 5.43 Å². The summed E-state index contributed by atoms with van der Waals surface area (Å²) in [5.74, 6) is 0.725. The zero-order valence-corrected chi connectivity index (χ0v) is 17.3. The van der Waals surface area contributed by atoms with Crippen molar-refractivity contribution >= 4 is 35.1 Å². The average Bonchev–Trinajstić information content (AvgIpc) is 3.29. The topological polar surface area (TPSA) is 112 Å². The molecule has 0 aliphatic carbocycles. The van der Waals surface area contributed by atoms with E-state index in [-0.39, 0.29) is 35.1 Å². The van der Waals surface area contributed by atoms with E-state index in [4.69, 9.17) is 4.52 Å². The van der Waals surface area contributed by atoms with Crippen molar-refractivity contribution in [1.82, 2.24) is 21.2 Å². The maximum atomic E-state index is 12.6. The van der Waals surface area contributed by atoms with E-state index >= 15 is 0 Å². The molecule has 0 radical (unpaired) electrons. The summed E-state index contributed by atoms with van der Waals surface area (Å²) in [6, 6.07) is 7.87. The van der Waals surface area contributed by atoms with Gasteiger partial charge in [-0.15, -0.1) is 11.8 Å². The van der Waals surface area contributed by atoms with Crippen LogP contribution in [-0.4, -0.2) is 40.9 Å². The lowest BCUT2D eigenvalue weighted by Crippen LogP contribution is -2.63. The van der Waals surface area contributed by atoms with E-state index in [9.17, 15) is 9.59 Å². The first-order chi connectivity index (χ1) is 13.9. The fourth-order valence-corrected chi connectivity index (χ4v) is 4.25. The van der Waals surface area contributed by atoms with Crippen LogP contribution in [0.5, 0.6) is 0 Å². The molecule has 2 aliphatic heterocycles. The first-order valence-electron chi connectivity index (χ1n) is 9.42. The monoisotopic (exact) mass is 416 g/mol. The van der Waals surface area contributed by atoms with Crippen LogP contribution in [0.25, 0.3) is 0 Å². The van der Waals surface area contributed by atoms with Crippen molar-refractivity contribution in [2.45, 2.75) is 32.4 Å². The van der Waals surface area contributed by atoms with E-state index in [0.717, 1.165) is 5.69 Å². The van der Waals surface area contributed by atoms with Crippen LogP contribution in [-0.2, 0) is 9.59 Å². The number of hydrazine groups is 1. The van der Waals surface area contributed by atoms with Crippen LogP contribution in [0.1, 0.15) is 16.9 Å². The fraction of sp³-hybridized carbons (Fsp3) is 0.421. The molecule has 2 aliphatic rings. The van der Waals surface area contributed by atoms with E-state index in [0.29, 0.717) is 18.1 Å². The smallest absolute Gasteiger partial charge is 0.235 e. The molecule has 0 bridgehead atoms. The van der Waals surface area contributed by atoms with Gasteiger partial charge < -0.3 is 15.2 Å². The van der Waals surface area contributed by atoms with Gasteiger partial charge in [0.1, 0.15) is 17.4 Å². The summed E-state index contributed by atoms with van der Waals surface area (Å²) in [6.07, 6.45) is -0.190. The van der Waals surface area contributed by atoms with Crippen molar-refractivity contribution in [3.8, 4) is 0 Å². The zero-order chi connectivity index (χ0) is 20.5. The zero-order valence-electron chi connectivity index (χ0n) is 16.5. The Hall–Kier alpha value is -2.56. The average molecular weight is 417 g/mol. The number of carbonyl (C=O) groups excluding carboxylic acids is 2. The number of nitrogens with zero attached hydrogens (tertiary/aromatic N) is 2. The molecule has 3 heterocycles. The van der Waals surface area contributed by atoms with Gasteiger partial charge in [-0.3, -0.25) is 19.9 Å². The van der Waals surface area contributed by atoms with Gasteiger partial charge in [0.25, 0.3) is 0 Å². The molecule has 2 fully saturated rings. The van der Waals surface area contributed by atoms with Gasteiger partial charge in [0.15, 0.2) is 5.82 Å². The van der Waals surface area contributed by atoms with Crippen molar-refractivity contribution in [3.63, 3.8) is 0 Å². The number of rotatable bonds is 5. The number of anilines is 2. The second-order valence-corrected chi connectivity index (χ2v) is 8.38. The van der Waals surface area contributed by atoms with Crippen LogP contribution in [0.2, 0.25) is 0 Å². The van der Waals surface area contributed by atoms with Crippen LogP contribution >= 0.6 is 11.8 Å². The number of aromatic nitrogens is 1. The highest BCUT2D eigenvalue weighted by Crippen LogP contribution is 2.28. The quantitative estimate of drug-likeness (QED) is 0.576. The van der Waals surface area contributed by atoms with Crippen LogP contribution in [0.3, 0.4) is 0 Å². The van der Waals surface area contributed by atoms with Crippen LogP contribution in [0, 0.1) is 26.7 Å². The summed E-state index contributed by atoms with van der Waals surface area (Å²) in [4.78, 5) is 24.7. The van der Waals surface area contributed by atoms with Gasteiger partial charge in [-0.2, -0.15) is 0 Å². The molecule has 2 saturated heterocycles. The van der Waals surface area contributed by atoms with Gasteiger partial charge in [0.05, 0.1) is 17.4 Å². The minimum atomic E-state index is -0.373. The SMILES string of the molecule is Cc1cc(NC(=O)CSC2NC(=O)C3CNN(c4ccc(C)c(C)c4)C3N2)no1. The second kappa shape index (κ2) is 8.05. The van der Waals surface area contributed by atoms with E-state index in [1.54, 1.807) is 13.0 Å². The maximum absolute atomic E-state index is 12.6. The number of benzene rings is 1. The molecule has 4 N–H and O–H groups in total. The van der Waals surface area contributed by atoms with Crippen LogP contribution in [0.15, 0.2) is 28.8 Å². The van der Waals surface area contributed by atoms with Gasteiger partial charge in [-0.05, 0) is 44.0 Å². The summed E-state index contributed by atoms with van der Waals surface area (Å²) in [7, 11) is 0. The summed E-state index contributed by atoms with van der Waals surface area (Å²) < 4.78 is 4.94. The molecular weight excluding hydrogens is 392 g/mol. The van der Waals surface area contributed by atoms with Gasteiger partial charge in [-0.1, -0.05) is 11.2 Å². The van der Waals surface area contributed by atoms with Gasteiger partial charge in [0.2, 0.25) is 11.8 Å². The molecule has 3 atom stereocenters. The molecule has 29 heavy (non-hydrogen) atoms. The molecule has 0 spiro atoms. The van der Waals surface area contributed by atoms with Crippen molar-refractivity contribution < 1.29 is 14.1 Å². The van der Waals surface area contributed by atoms with E-state index < -0.39 is 0 Å². The van der Waals surface area contributed by atoms with Crippen molar-refractivity contribution in [2.24, 2.45) is 5.92 Å². The predicted octanol–water partition coefficient (Wildman–Crippen LogP) is 1.24. The molecule has 10 heteroatoms. The fourth-order valence-electron chi connectivity index (χ4n) is 3.43. The molecule has 1 aromatic carbocycles. The molecule has 9 nitrogen and oxygen atoms in total. The highest BCUT2D eigenvalue weighted by Gasteiger charge is 2.44. The maximum Gasteiger partial charge on any atom is 0.235 e. The molecule has 0 saturated carbocycles. The third-order valence-electron chi connectivity index (χ3n) is 5.12. The van der Waals surface area contributed by atoms with E-state index in [1.807, 2.05) is 11.1 Å². The Morgan fingerprint density at radius 2 is 2.14 bits per heavy atom. The number of aryl methyl sites for hydroxylation is 3. The minimum Gasteiger partial charge on any atom is -0.360 e. The predicted molar refractivity (Wildman–Crippen MR) is 111 cm³/mol. The van der Waals surface area contributed by atoms with E-state index in [2.05, 4.69) is 52.5 Å². The normalized spacial score (nSPS) is 23.6. The molecule has 154 valence electrons. The molecule has 1 aromatic heterocycles. The van der Waals surface area contributed by atoms with Crippen molar-refractivity contribution in [3.05, 3.63) is 41.2 Å². The number of hydrogen-bond donors (Lipinski definition) is 4. The highest BCUT2D eigenvalue weighted by molar-refractivity contribution is 8.00. The summed E-state index contributed by atoms with van der Waals surface area (Å²) >= 11 is 1.32. The number of hydrogen-bond acceptors (Lipinski definition) is 8. The largest absolute Gasteiger partial charge is 0.360 e. The molecule has 2 amide bonds. The highest BCUT2D eigenvalue weighted by atomic mass is 32.2. The molecule has 2 aromatic rings. The number of fused-ring (bicyclic) bond motifs is 1. The lowest BCUT2D eigenvalue weighted by molar-refractivity contribution is -0.127. The number of thioether (sulfide) groups is 1. The third kappa shape index (κ3) is 4.24. The first kappa shape index (κ1) is 19.7. The van der Waals surface area contributed by atoms with Crippen LogP contribution in [0.4, 0.5) is 11.5 Å². The number of amides is 2. The minimum absolute atomic E-state index is 0.0300. The Labute approximate surface area is 172 Å². The Morgan fingerprint density at radius 3 is 2.86 bits per heavy atom. The number of nitrogens with one attached hydrogen (secondary N) is 4. The third-order valence-corrected chi connectivity index (χ3v) is 6.13. The Kier molecular flexibility index (Phi) is 5.48. The Bertz CT molecular complexity index is 932. The van der Waals surface area contributed by atoms with Crippen LogP contribution < -0.4 is 26.4 Å². The molecular formula is C19H24N6O3S. The Morgan fingerprint density at radius 1 is 1.31 bits per heavy atom. The standard InChI is InChI=1S/C19H24N6O3S/c1-10-4-5-13(6-11(10)2)25-17-14(8-20-25)18(27)23-19(22-17)29-9-16(26)21-15-7-12(3)28-24-15/h4-7,14,17,19-20,22H,8-9H2,1-3H3,(H,23,27)(H,21,24,26). The van der Waals surface area contributed by atoms with Crippen molar-refractivity contribution in [2.75, 3.05) is 22.6 Å². The molecule has 4 rings (SSSR count). The molecule has 3 unspecified atom stereocenters. The second-order valence-electron chi connectivity index (χ2n) is 7.29. The summed E-state index contributed by atoms with van der Waals surface area (Å²) in [5.41, 5.74) is 6.36. The summed E-state index contributed by atoms with van der Waals surface area (Å²) in [6.45, 7) is 6.46. The Balaban J connectivity index is 1.38. The summed E-state index contributed by atoms with van der Waals surface area (Å²) in [5, 5.41) is 14.8. The lowest BCUT2D eigenvalue weighted by atomic mass is 10.0. The van der Waals surface area contributed by atoms with Gasteiger partial charge in [0, 0.05) is 12.6 Å².